The predicted octanol–water partition coefficient (Wildman–Crippen LogP) is 2.84. The summed E-state index contributed by atoms with van der Waals surface area (Å²) >= 11 is 0. The second kappa shape index (κ2) is 9.06. The van der Waals surface area contributed by atoms with Gasteiger partial charge in [0.05, 0.1) is 24.3 Å². The van der Waals surface area contributed by atoms with Crippen molar-refractivity contribution in [3.8, 4) is 22.5 Å². The molecule has 2 N–H and O–H groups in total. The lowest BCUT2D eigenvalue weighted by molar-refractivity contribution is -0.116. The van der Waals surface area contributed by atoms with Crippen molar-refractivity contribution in [3.63, 3.8) is 0 Å². The number of morpholine rings is 1. The number of ketones is 1. The van der Waals surface area contributed by atoms with Crippen LogP contribution in [0.2, 0.25) is 0 Å². The maximum atomic E-state index is 15.2. The topological polar surface area (TPSA) is 120 Å². The summed E-state index contributed by atoms with van der Waals surface area (Å²) in [6, 6.07) is 6.80. The molecule has 34 heavy (non-hydrogen) atoms. The Kier molecular flexibility index (Phi) is 5.81. The molecule has 172 valence electrons. The highest BCUT2D eigenvalue weighted by molar-refractivity contribution is 5.90. The van der Waals surface area contributed by atoms with Gasteiger partial charge in [-0.1, -0.05) is 18.2 Å². The first-order chi connectivity index (χ1) is 16.5. The number of anilines is 2. The molecule has 1 aliphatic rings. The summed E-state index contributed by atoms with van der Waals surface area (Å²) < 4.78 is 20.7. The number of hydrogen-bond acceptors (Lipinski definition) is 9. The zero-order valence-corrected chi connectivity index (χ0v) is 18.5. The predicted molar refractivity (Wildman–Crippen MR) is 126 cm³/mol. The van der Waals surface area contributed by atoms with Crippen LogP contribution in [0.5, 0.6) is 0 Å². The van der Waals surface area contributed by atoms with Crippen molar-refractivity contribution in [3.05, 3.63) is 54.2 Å². The van der Waals surface area contributed by atoms with E-state index in [0.29, 0.717) is 71.2 Å². The van der Waals surface area contributed by atoms with Gasteiger partial charge in [0.15, 0.2) is 11.6 Å². The monoisotopic (exact) mass is 459 g/mol. The van der Waals surface area contributed by atoms with Crippen LogP contribution < -0.4 is 10.6 Å². The average molecular weight is 459 g/mol. The maximum Gasteiger partial charge on any atom is 0.219 e. The lowest BCUT2D eigenvalue weighted by atomic mass is 10.0. The van der Waals surface area contributed by atoms with Gasteiger partial charge in [-0.2, -0.15) is 0 Å². The molecule has 0 saturated carbocycles. The molecular formula is C24H22FN7O2. The summed E-state index contributed by atoms with van der Waals surface area (Å²) in [5, 5.41) is 0. The van der Waals surface area contributed by atoms with Gasteiger partial charge in [0.1, 0.15) is 17.1 Å². The summed E-state index contributed by atoms with van der Waals surface area (Å²) in [4.78, 5) is 35.8. The summed E-state index contributed by atoms with van der Waals surface area (Å²) in [6.45, 7) is 3.93. The Labute approximate surface area is 194 Å². The molecule has 0 aliphatic carbocycles. The van der Waals surface area contributed by atoms with Crippen LogP contribution in [-0.4, -0.2) is 57.0 Å². The maximum absolute atomic E-state index is 15.2. The number of Topliss-reactive ketones (excluding diaryl/α,β-unsaturated/α-hetero) is 1. The number of hydrogen-bond donors (Lipinski definition) is 1. The van der Waals surface area contributed by atoms with Crippen LogP contribution in [0.3, 0.4) is 0 Å². The number of aromatic nitrogens is 5. The quantitative estimate of drug-likeness (QED) is 0.480. The molecule has 1 saturated heterocycles. The van der Waals surface area contributed by atoms with Crippen LogP contribution in [0.1, 0.15) is 12.5 Å². The Morgan fingerprint density at radius 3 is 2.56 bits per heavy atom. The molecule has 0 radical (unpaired) electrons. The van der Waals surface area contributed by atoms with E-state index >= 15 is 4.39 Å². The van der Waals surface area contributed by atoms with E-state index < -0.39 is 5.82 Å². The van der Waals surface area contributed by atoms with Crippen molar-refractivity contribution in [2.24, 2.45) is 0 Å². The zero-order valence-electron chi connectivity index (χ0n) is 18.5. The fourth-order valence-corrected chi connectivity index (χ4v) is 3.94. The number of pyridine rings is 1. The summed E-state index contributed by atoms with van der Waals surface area (Å²) in [5.74, 6) is 0.693. The van der Waals surface area contributed by atoms with Crippen molar-refractivity contribution in [2.75, 3.05) is 36.9 Å². The van der Waals surface area contributed by atoms with Gasteiger partial charge < -0.3 is 15.4 Å². The second-order valence-corrected chi connectivity index (χ2v) is 8.05. The molecule has 1 aliphatic heterocycles. The fraction of sp³-hybridized carbons (Fsp3) is 0.250. The van der Waals surface area contributed by atoms with Crippen LogP contribution in [-0.2, 0) is 16.0 Å². The Hall–Kier alpha value is -4.05. The minimum Gasteiger partial charge on any atom is -0.378 e. The number of benzene rings is 1. The lowest BCUT2D eigenvalue weighted by Gasteiger charge is -2.28. The Balaban J connectivity index is 1.66. The number of carbonyl (C=O) groups is 1. The SMILES string of the molecule is CC(=O)Cc1cccc(-c2cnc3c(N4CCOCC4)nc(-c4cnc(N)nc4)nc3c2)c1F. The van der Waals surface area contributed by atoms with Crippen LogP contribution >= 0.6 is 0 Å². The van der Waals surface area contributed by atoms with Gasteiger partial charge >= 0.3 is 0 Å². The highest BCUT2D eigenvalue weighted by Gasteiger charge is 2.20. The van der Waals surface area contributed by atoms with E-state index in [1.165, 1.54) is 6.92 Å². The molecule has 0 amide bonds. The molecule has 0 unspecified atom stereocenters. The second-order valence-electron chi connectivity index (χ2n) is 8.05. The number of nitrogen functional groups attached to an aromatic ring is 1. The molecule has 1 aromatic carbocycles. The summed E-state index contributed by atoms with van der Waals surface area (Å²) in [5.41, 5.74) is 8.65. The highest BCUT2D eigenvalue weighted by atomic mass is 19.1. The van der Waals surface area contributed by atoms with E-state index in [-0.39, 0.29) is 18.2 Å². The van der Waals surface area contributed by atoms with Crippen molar-refractivity contribution < 1.29 is 13.9 Å². The van der Waals surface area contributed by atoms with E-state index in [0.717, 1.165) is 0 Å². The number of rotatable bonds is 5. The number of nitrogens with zero attached hydrogens (tertiary/aromatic N) is 6. The number of carbonyl (C=O) groups excluding carboxylic acids is 1. The Morgan fingerprint density at radius 1 is 1.09 bits per heavy atom. The Morgan fingerprint density at radius 2 is 1.82 bits per heavy atom. The first-order valence-corrected chi connectivity index (χ1v) is 10.8. The average Bonchev–Trinajstić information content (AvgIpc) is 2.85. The number of nitrogens with two attached hydrogens (primary N) is 1. The standard InChI is InChI=1S/C24H22FN7O2/c1-14(33)9-15-3-2-4-18(20(15)25)16-10-19-21(27-11-16)23(32-5-7-34-8-6-32)31-22(30-19)17-12-28-24(26)29-13-17/h2-4,10-13H,5-9H2,1H3,(H2,26,28,29). The van der Waals surface area contributed by atoms with Crippen LogP contribution in [0.4, 0.5) is 16.2 Å². The minimum atomic E-state index is -0.437. The molecule has 0 bridgehead atoms. The van der Waals surface area contributed by atoms with E-state index in [4.69, 9.17) is 15.5 Å². The molecule has 1 fully saturated rings. The molecule has 4 aromatic rings. The van der Waals surface area contributed by atoms with Gasteiger partial charge in [-0.25, -0.2) is 24.3 Å². The van der Waals surface area contributed by atoms with Gasteiger partial charge in [0.2, 0.25) is 5.95 Å². The third kappa shape index (κ3) is 4.27. The van der Waals surface area contributed by atoms with Crippen molar-refractivity contribution in [1.82, 2.24) is 24.9 Å². The third-order valence-corrected chi connectivity index (χ3v) is 5.59. The summed E-state index contributed by atoms with van der Waals surface area (Å²) in [7, 11) is 0. The van der Waals surface area contributed by atoms with Gasteiger partial charge in [0, 0.05) is 49.2 Å². The smallest absolute Gasteiger partial charge is 0.219 e. The fourth-order valence-electron chi connectivity index (χ4n) is 3.94. The molecule has 3 aromatic heterocycles. The van der Waals surface area contributed by atoms with E-state index in [1.807, 2.05) is 0 Å². The third-order valence-electron chi connectivity index (χ3n) is 5.59. The van der Waals surface area contributed by atoms with Gasteiger partial charge in [-0.05, 0) is 18.6 Å². The van der Waals surface area contributed by atoms with E-state index in [2.05, 4.69) is 24.8 Å². The molecule has 10 heteroatoms. The normalized spacial score (nSPS) is 13.9. The van der Waals surface area contributed by atoms with E-state index in [9.17, 15) is 4.79 Å². The largest absolute Gasteiger partial charge is 0.378 e. The van der Waals surface area contributed by atoms with Crippen LogP contribution in [0.15, 0.2) is 42.9 Å². The van der Waals surface area contributed by atoms with Gasteiger partial charge in [0.25, 0.3) is 0 Å². The van der Waals surface area contributed by atoms with Gasteiger partial charge in [-0.3, -0.25) is 9.78 Å². The Bertz CT molecular complexity index is 1370. The number of fused-ring (bicyclic) bond motifs is 1. The first-order valence-electron chi connectivity index (χ1n) is 10.8. The van der Waals surface area contributed by atoms with Crippen LogP contribution in [0.25, 0.3) is 33.5 Å². The van der Waals surface area contributed by atoms with Crippen molar-refractivity contribution in [2.45, 2.75) is 13.3 Å². The molecular weight excluding hydrogens is 437 g/mol. The van der Waals surface area contributed by atoms with E-state index in [1.54, 1.807) is 42.9 Å². The molecule has 9 nitrogen and oxygen atoms in total. The lowest BCUT2D eigenvalue weighted by Crippen LogP contribution is -2.37. The summed E-state index contributed by atoms with van der Waals surface area (Å²) in [6.07, 6.45) is 4.77. The van der Waals surface area contributed by atoms with Gasteiger partial charge in [-0.15, -0.1) is 0 Å². The molecule has 0 spiro atoms. The zero-order chi connectivity index (χ0) is 23.7. The molecule has 5 rings (SSSR count). The first kappa shape index (κ1) is 21.8. The number of ether oxygens (including phenoxy) is 1. The molecule has 0 atom stereocenters. The molecule has 4 heterocycles. The highest BCUT2D eigenvalue weighted by Crippen LogP contribution is 2.31. The minimum absolute atomic E-state index is 0.0331. The van der Waals surface area contributed by atoms with Crippen molar-refractivity contribution in [1.29, 1.82) is 0 Å². The number of halogens is 1. The van der Waals surface area contributed by atoms with Crippen molar-refractivity contribution >= 4 is 28.6 Å². The van der Waals surface area contributed by atoms with Crippen LogP contribution in [0, 0.1) is 5.82 Å².